The molecule has 0 aliphatic heterocycles. The zero-order chi connectivity index (χ0) is 25.2. The van der Waals surface area contributed by atoms with Gasteiger partial charge in [0.25, 0.3) is 5.89 Å². The summed E-state index contributed by atoms with van der Waals surface area (Å²) in [7, 11) is 1.69. The van der Waals surface area contributed by atoms with Crippen molar-refractivity contribution in [2.75, 3.05) is 13.6 Å². The minimum absolute atomic E-state index is 0.0274. The van der Waals surface area contributed by atoms with Crippen LogP contribution in [0.4, 0.5) is 13.2 Å². The molecule has 1 aromatic heterocycles. The normalized spacial score (nSPS) is 11.7. The molecule has 0 radical (unpaired) electrons. The molecule has 2 N–H and O–H groups in total. The number of likely N-dealkylation sites (N-methyl/N-ethyl adjacent to an activating group) is 1. The Morgan fingerprint density at radius 2 is 1.77 bits per heavy atom. The minimum Gasteiger partial charge on any atom is -0.507 e. The van der Waals surface area contributed by atoms with Gasteiger partial charge in [0.2, 0.25) is 5.82 Å². The Bertz CT molecular complexity index is 1370. The molecule has 1 heterocycles. The van der Waals surface area contributed by atoms with Gasteiger partial charge in [-0.2, -0.15) is 18.2 Å². The van der Waals surface area contributed by atoms with Crippen molar-refractivity contribution in [3.05, 3.63) is 77.9 Å². The number of phenols is 1. The Morgan fingerprint density at radius 3 is 2.49 bits per heavy atom. The van der Waals surface area contributed by atoms with Gasteiger partial charge in [-0.3, -0.25) is 9.69 Å². The van der Waals surface area contributed by atoms with Crippen LogP contribution in [-0.4, -0.2) is 44.8 Å². The van der Waals surface area contributed by atoms with E-state index in [9.17, 15) is 23.1 Å². The summed E-state index contributed by atoms with van der Waals surface area (Å²) in [6, 6.07) is 16.4. The van der Waals surface area contributed by atoms with Crippen LogP contribution in [0.2, 0.25) is 0 Å². The lowest BCUT2D eigenvalue weighted by Gasteiger charge is -2.14. The van der Waals surface area contributed by atoms with Crippen molar-refractivity contribution in [2.24, 2.45) is 0 Å². The Morgan fingerprint density at radius 1 is 1.00 bits per heavy atom. The van der Waals surface area contributed by atoms with Gasteiger partial charge in [-0.25, -0.2) is 0 Å². The largest absolute Gasteiger partial charge is 0.507 e. The summed E-state index contributed by atoms with van der Waals surface area (Å²) < 4.78 is 45.5. The van der Waals surface area contributed by atoms with Gasteiger partial charge in [-0.1, -0.05) is 41.6 Å². The Balaban J connectivity index is 1.59. The lowest BCUT2D eigenvalue weighted by Crippen LogP contribution is -2.25. The van der Waals surface area contributed by atoms with Crippen LogP contribution in [-0.2, 0) is 17.5 Å². The summed E-state index contributed by atoms with van der Waals surface area (Å²) in [5, 5.41) is 23.4. The topological polar surface area (TPSA) is 99.7 Å². The Labute approximate surface area is 198 Å². The predicted molar refractivity (Wildman–Crippen MR) is 121 cm³/mol. The molecule has 10 heteroatoms. The number of nitrogens with zero attached hydrogens (tertiary/aromatic N) is 3. The molecule has 4 rings (SSSR count). The van der Waals surface area contributed by atoms with E-state index in [4.69, 9.17) is 9.63 Å². The summed E-state index contributed by atoms with van der Waals surface area (Å²) in [5.74, 6) is -0.932. The highest BCUT2D eigenvalue weighted by molar-refractivity contribution is 5.77. The van der Waals surface area contributed by atoms with Crippen LogP contribution in [0.25, 0.3) is 34.0 Å². The molecule has 7 nitrogen and oxygen atoms in total. The number of benzene rings is 3. The van der Waals surface area contributed by atoms with Gasteiger partial charge in [0.05, 0.1) is 12.1 Å². The van der Waals surface area contributed by atoms with Crippen LogP contribution in [0.15, 0.2) is 71.3 Å². The first-order valence-corrected chi connectivity index (χ1v) is 10.4. The fraction of sp³-hybridized carbons (Fsp3) is 0.160. The molecule has 180 valence electrons. The number of rotatable bonds is 7. The van der Waals surface area contributed by atoms with E-state index in [0.29, 0.717) is 17.7 Å². The highest BCUT2D eigenvalue weighted by Crippen LogP contribution is 2.41. The molecule has 0 bridgehead atoms. The molecule has 0 unspecified atom stereocenters. The minimum atomic E-state index is -4.57. The number of halogens is 3. The number of carboxylic acid groups (broad SMARTS) is 1. The molecule has 0 aliphatic rings. The smallest absolute Gasteiger partial charge is 0.417 e. The molecule has 0 spiro atoms. The Kier molecular flexibility index (Phi) is 6.57. The van der Waals surface area contributed by atoms with Crippen molar-refractivity contribution in [2.45, 2.75) is 12.7 Å². The van der Waals surface area contributed by atoms with Gasteiger partial charge in [0.1, 0.15) is 5.75 Å². The molecule has 0 aliphatic carbocycles. The molecule has 0 atom stereocenters. The van der Waals surface area contributed by atoms with Crippen molar-refractivity contribution in [3.8, 4) is 39.7 Å². The van der Waals surface area contributed by atoms with Crippen molar-refractivity contribution in [1.29, 1.82) is 0 Å². The zero-order valence-electron chi connectivity index (χ0n) is 18.5. The van der Waals surface area contributed by atoms with Crippen LogP contribution in [0.5, 0.6) is 5.75 Å². The second-order valence-corrected chi connectivity index (χ2v) is 7.96. The number of aromatic nitrogens is 2. The van der Waals surface area contributed by atoms with Gasteiger partial charge >= 0.3 is 12.1 Å². The highest BCUT2D eigenvalue weighted by Gasteiger charge is 2.33. The van der Waals surface area contributed by atoms with Crippen molar-refractivity contribution in [1.82, 2.24) is 15.0 Å². The van der Waals surface area contributed by atoms with Gasteiger partial charge < -0.3 is 14.7 Å². The summed E-state index contributed by atoms with van der Waals surface area (Å²) in [4.78, 5) is 16.9. The number of alkyl halides is 3. The van der Waals surface area contributed by atoms with E-state index in [1.807, 2.05) is 12.1 Å². The first kappa shape index (κ1) is 24.0. The second kappa shape index (κ2) is 9.59. The van der Waals surface area contributed by atoms with E-state index in [2.05, 4.69) is 10.1 Å². The monoisotopic (exact) mass is 483 g/mol. The van der Waals surface area contributed by atoms with Gasteiger partial charge in [-0.15, -0.1) is 0 Å². The maximum Gasteiger partial charge on any atom is 0.417 e. The predicted octanol–water partition coefficient (Wildman–Crippen LogP) is 5.31. The van der Waals surface area contributed by atoms with Gasteiger partial charge in [0, 0.05) is 23.2 Å². The fourth-order valence-corrected chi connectivity index (χ4v) is 3.72. The summed E-state index contributed by atoms with van der Waals surface area (Å²) >= 11 is 0. The van der Waals surface area contributed by atoms with Crippen LogP contribution in [0.3, 0.4) is 0 Å². The Hall–Kier alpha value is -4.18. The van der Waals surface area contributed by atoms with Crippen LogP contribution < -0.4 is 0 Å². The van der Waals surface area contributed by atoms with E-state index in [0.717, 1.165) is 11.6 Å². The van der Waals surface area contributed by atoms with Crippen LogP contribution in [0, 0.1) is 0 Å². The third-order valence-corrected chi connectivity index (χ3v) is 5.24. The number of aromatic hydroxyl groups is 1. The molecule has 0 saturated carbocycles. The number of hydrogen-bond donors (Lipinski definition) is 2. The maximum absolute atomic E-state index is 13.4. The average molecular weight is 483 g/mol. The van der Waals surface area contributed by atoms with Gasteiger partial charge in [0.15, 0.2) is 0 Å². The first-order valence-electron chi connectivity index (χ1n) is 10.4. The third-order valence-electron chi connectivity index (χ3n) is 5.24. The van der Waals surface area contributed by atoms with Gasteiger partial charge in [-0.05, 0) is 48.5 Å². The van der Waals surface area contributed by atoms with Crippen molar-refractivity contribution >= 4 is 5.97 Å². The number of aliphatic carboxylic acids is 1. The lowest BCUT2D eigenvalue weighted by molar-refractivity contribution is -0.138. The molecule has 0 saturated heterocycles. The van der Waals surface area contributed by atoms with E-state index < -0.39 is 17.7 Å². The summed E-state index contributed by atoms with van der Waals surface area (Å²) in [5.41, 5.74) is 0.868. The van der Waals surface area contributed by atoms with Crippen LogP contribution >= 0.6 is 0 Å². The molecule has 0 amide bonds. The van der Waals surface area contributed by atoms with E-state index in [1.54, 1.807) is 24.1 Å². The molecular formula is C25H20F3N3O4. The second-order valence-electron chi connectivity index (χ2n) is 7.96. The third kappa shape index (κ3) is 5.49. The number of carbonyl (C=O) groups is 1. The zero-order valence-corrected chi connectivity index (χ0v) is 18.5. The van der Waals surface area contributed by atoms with Crippen molar-refractivity contribution in [3.63, 3.8) is 0 Å². The molecular weight excluding hydrogens is 463 g/mol. The molecule has 0 fully saturated rings. The molecule has 3 aromatic carbocycles. The lowest BCUT2D eigenvalue weighted by atomic mass is 9.97. The van der Waals surface area contributed by atoms with Crippen molar-refractivity contribution < 1.29 is 32.7 Å². The quantitative estimate of drug-likeness (QED) is 0.367. The summed E-state index contributed by atoms with van der Waals surface area (Å²) in [6.45, 7) is 0.295. The van der Waals surface area contributed by atoms with E-state index in [1.165, 1.54) is 36.4 Å². The first-order chi connectivity index (χ1) is 16.6. The fourth-order valence-electron chi connectivity index (χ4n) is 3.72. The number of phenolic OH excluding ortho intramolecular Hbond substituents is 1. The van der Waals surface area contributed by atoms with Crippen LogP contribution in [0.1, 0.15) is 11.1 Å². The average Bonchev–Trinajstić information content (AvgIpc) is 3.28. The number of hydrogen-bond acceptors (Lipinski definition) is 6. The highest BCUT2D eigenvalue weighted by atomic mass is 19.4. The summed E-state index contributed by atoms with van der Waals surface area (Å²) in [6.07, 6.45) is -4.57. The van der Waals surface area contributed by atoms with E-state index >= 15 is 0 Å². The SMILES string of the molecule is CN(CC(=O)O)Cc1cccc(-c2noc(-c3ccc(-c4ccccc4C(F)(F)F)c(O)c3)n2)c1. The standard InChI is InChI=1S/C25H20F3N3O4/c1-31(14-22(33)34)13-15-5-4-6-16(11-15)23-29-24(35-30-23)17-9-10-19(21(32)12-17)18-7-2-3-8-20(18)25(26,27)28/h2-12,32H,13-14H2,1H3,(H,33,34). The molecule has 35 heavy (non-hydrogen) atoms. The maximum atomic E-state index is 13.4. The van der Waals surface area contributed by atoms with E-state index in [-0.39, 0.29) is 35.1 Å². The molecule has 4 aromatic rings. The number of carboxylic acids is 1.